The fourth-order valence-electron chi connectivity index (χ4n) is 4.58. The first kappa shape index (κ1) is 29.5. The molecule has 2 aliphatic rings. The van der Waals surface area contributed by atoms with Crippen LogP contribution in [0.25, 0.3) is 5.70 Å². The number of urea groups is 1. The fraction of sp³-hybridized carbons (Fsp3) is 0.433. The van der Waals surface area contributed by atoms with E-state index in [4.69, 9.17) is 9.84 Å². The molecular weight excluding hydrogens is 524 g/mol. The van der Waals surface area contributed by atoms with Crippen LogP contribution in [0.4, 0.5) is 16.4 Å². The summed E-state index contributed by atoms with van der Waals surface area (Å²) in [4.78, 5) is 18.5. The molecule has 0 spiro atoms. The van der Waals surface area contributed by atoms with E-state index < -0.39 is 6.23 Å². The van der Waals surface area contributed by atoms with Crippen LogP contribution in [0.3, 0.4) is 0 Å². The third-order valence-electron chi connectivity index (χ3n) is 6.63. The molecule has 0 fully saturated rings. The van der Waals surface area contributed by atoms with Crippen molar-refractivity contribution >= 4 is 35.1 Å². The predicted molar refractivity (Wildman–Crippen MR) is 163 cm³/mol. The molecule has 1 atom stereocenters. The number of hydrogen-bond acceptors (Lipinski definition) is 7. The van der Waals surface area contributed by atoms with Crippen LogP contribution < -0.4 is 20.7 Å². The number of pyridine rings is 1. The lowest BCUT2D eigenvalue weighted by molar-refractivity contribution is 0.187. The van der Waals surface area contributed by atoms with E-state index >= 15 is 0 Å². The van der Waals surface area contributed by atoms with E-state index in [1.54, 1.807) is 22.6 Å². The number of amides is 2. The number of fused-ring (bicyclic) bond motifs is 1. The number of aliphatic hydroxyl groups is 1. The molecule has 2 amide bonds. The maximum atomic E-state index is 13.2. The molecule has 0 saturated carbocycles. The molecular formula is C30H40N6O3S. The Morgan fingerprint density at radius 3 is 2.80 bits per heavy atom. The number of carbonyl (C=O) groups is 1. The van der Waals surface area contributed by atoms with Crippen molar-refractivity contribution in [1.29, 1.82) is 0 Å². The second-order valence-electron chi connectivity index (χ2n) is 10.8. The molecule has 3 heterocycles. The van der Waals surface area contributed by atoms with E-state index in [1.165, 1.54) is 0 Å². The van der Waals surface area contributed by atoms with Crippen LogP contribution in [0.2, 0.25) is 0 Å². The lowest BCUT2D eigenvalue weighted by Crippen LogP contribution is -2.30. The minimum absolute atomic E-state index is 0.172. The van der Waals surface area contributed by atoms with Gasteiger partial charge in [-0.2, -0.15) is 5.10 Å². The summed E-state index contributed by atoms with van der Waals surface area (Å²) in [5.74, 6) is 2.84. The smallest absolute Gasteiger partial charge is 0.324 e. The highest BCUT2D eigenvalue weighted by Crippen LogP contribution is 2.35. The van der Waals surface area contributed by atoms with Crippen LogP contribution in [0.15, 0.2) is 59.0 Å². The van der Waals surface area contributed by atoms with Crippen molar-refractivity contribution in [2.45, 2.75) is 78.4 Å². The zero-order valence-electron chi connectivity index (χ0n) is 24.2. The van der Waals surface area contributed by atoms with E-state index in [0.29, 0.717) is 37.3 Å². The number of aliphatic hydroxyl groups excluding tert-OH is 1. The third-order valence-corrected chi connectivity index (χ3v) is 7.44. The van der Waals surface area contributed by atoms with Crippen LogP contribution >= 0.6 is 11.8 Å². The van der Waals surface area contributed by atoms with Gasteiger partial charge >= 0.3 is 6.03 Å². The van der Waals surface area contributed by atoms with Gasteiger partial charge in [-0.1, -0.05) is 39.8 Å². The maximum Gasteiger partial charge on any atom is 0.324 e. The highest BCUT2D eigenvalue weighted by atomic mass is 32.2. The number of nitrogens with one attached hydrogen (secondary N) is 3. The van der Waals surface area contributed by atoms with Crippen molar-refractivity contribution in [3.8, 4) is 5.75 Å². The standard InChI is InChI=1S/C30H40N6O3S/c1-7-9-19(10-8-2)36-26(18-25(35-36)30(3,4)5)33-29(38)32-22-13-11-20(17-24(22)40-6)39-23-15-16-31-28-21(23)12-14-27(37)34-28/h7,9-10,15-18,27,37H,8,11-14H2,1-6H3,(H,31,34)(H2,32,33,38)/b9-7-,19-10+/t27-/m0/s1. The zero-order valence-corrected chi connectivity index (χ0v) is 25.0. The second kappa shape index (κ2) is 12.8. The van der Waals surface area contributed by atoms with Crippen LogP contribution in [0, 0.1) is 0 Å². The van der Waals surface area contributed by atoms with Gasteiger partial charge in [-0.3, -0.25) is 5.32 Å². The summed E-state index contributed by atoms with van der Waals surface area (Å²) in [5.41, 5.74) is 3.44. The normalized spacial score (nSPS) is 17.8. The van der Waals surface area contributed by atoms with E-state index in [9.17, 15) is 9.90 Å². The Bertz CT molecular complexity index is 1370. The van der Waals surface area contributed by atoms with Gasteiger partial charge in [0.1, 0.15) is 29.4 Å². The predicted octanol–water partition coefficient (Wildman–Crippen LogP) is 6.53. The molecule has 1 aliphatic carbocycles. The van der Waals surface area contributed by atoms with Crippen molar-refractivity contribution in [2.24, 2.45) is 0 Å². The molecule has 9 nitrogen and oxygen atoms in total. The van der Waals surface area contributed by atoms with Gasteiger partial charge in [0.2, 0.25) is 0 Å². The topological polar surface area (TPSA) is 113 Å². The summed E-state index contributed by atoms with van der Waals surface area (Å²) >= 11 is 1.56. The Morgan fingerprint density at radius 2 is 2.10 bits per heavy atom. The third kappa shape index (κ3) is 6.98. The van der Waals surface area contributed by atoms with E-state index in [2.05, 4.69) is 54.7 Å². The average Bonchev–Trinajstić information content (AvgIpc) is 3.33. The van der Waals surface area contributed by atoms with E-state index in [-0.39, 0.29) is 11.4 Å². The lowest BCUT2D eigenvalue weighted by Gasteiger charge is -2.25. The van der Waals surface area contributed by atoms with E-state index in [1.807, 2.05) is 43.5 Å². The molecule has 4 N–H and O–H groups in total. The van der Waals surface area contributed by atoms with Crippen LogP contribution in [-0.4, -0.2) is 38.4 Å². The van der Waals surface area contributed by atoms with Gasteiger partial charge in [0, 0.05) is 40.3 Å². The molecule has 40 heavy (non-hydrogen) atoms. The Morgan fingerprint density at radius 1 is 1.30 bits per heavy atom. The number of carbonyl (C=O) groups excluding carboxylic acids is 1. The first-order valence-electron chi connectivity index (χ1n) is 13.7. The molecule has 2 aromatic heterocycles. The number of anilines is 2. The van der Waals surface area contributed by atoms with Crippen molar-refractivity contribution in [3.63, 3.8) is 0 Å². The van der Waals surface area contributed by atoms with Gasteiger partial charge in [-0.05, 0) is 57.1 Å². The second-order valence-corrected chi connectivity index (χ2v) is 11.6. The number of ether oxygens (including phenoxy) is 1. The van der Waals surface area contributed by atoms with Crippen LogP contribution in [0.1, 0.15) is 71.6 Å². The minimum atomic E-state index is -0.592. The lowest BCUT2D eigenvalue weighted by atomic mass is 9.92. The molecule has 214 valence electrons. The molecule has 0 saturated heterocycles. The summed E-state index contributed by atoms with van der Waals surface area (Å²) in [7, 11) is 0. The average molecular weight is 565 g/mol. The van der Waals surface area contributed by atoms with Crippen molar-refractivity contribution in [3.05, 3.63) is 70.3 Å². The van der Waals surface area contributed by atoms with Gasteiger partial charge in [-0.25, -0.2) is 14.5 Å². The number of thioether (sulfide) groups is 1. The Balaban J connectivity index is 1.53. The highest BCUT2D eigenvalue weighted by Gasteiger charge is 2.24. The monoisotopic (exact) mass is 564 g/mol. The van der Waals surface area contributed by atoms with Gasteiger partial charge in [0.05, 0.1) is 11.4 Å². The van der Waals surface area contributed by atoms with Gasteiger partial charge < -0.3 is 20.5 Å². The van der Waals surface area contributed by atoms with Gasteiger partial charge in [0.25, 0.3) is 0 Å². The molecule has 0 radical (unpaired) electrons. The maximum absolute atomic E-state index is 13.2. The van der Waals surface area contributed by atoms with Gasteiger partial charge in [-0.15, -0.1) is 11.8 Å². The van der Waals surface area contributed by atoms with Crippen molar-refractivity contribution in [2.75, 3.05) is 16.9 Å². The fourth-order valence-corrected chi connectivity index (χ4v) is 5.22. The Labute approximate surface area is 240 Å². The van der Waals surface area contributed by atoms with E-state index in [0.717, 1.165) is 45.5 Å². The minimum Gasteiger partial charge on any atom is -0.461 e. The summed E-state index contributed by atoms with van der Waals surface area (Å²) in [6.07, 6.45) is 14.5. The number of rotatable bonds is 8. The summed E-state index contributed by atoms with van der Waals surface area (Å²) < 4.78 is 8.09. The number of nitrogens with zero attached hydrogens (tertiary/aromatic N) is 3. The summed E-state index contributed by atoms with van der Waals surface area (Å²) in [5, 5.41) is 23.8. The summed E-state index contributed by atoms with van der Waals surface area (Å²) in [6.45, 7) is 10.4. The molecule has 0 unspecified atom stereocenters. The number of aromatic nitrogens is 3. The Kier molecular flexibility index (Phi) is 9.42. The Hall–Kier alpha value is -3.50. The molecule has 1 aliphatic heterocycles. The van der Waals surface area contributed by atoms with Crippen LogP contribution in [-0.2, 0) is 11.8 Å². The first-order valence-corrected chi connectivity index (χ1v) is 14.9. The number of allylic oxidation sites excluding steroid dienone is 7. The SMILES string of the molecule is C/C=C\C(=C/CC)n1nc(C(C)(C)C)cc1NC(=O)NC1=C(SC)C=C(Oc2ccnc3c2CC[C@H](O)N3)CC1. The number of hydrogen-bond donors (Lipinski definition) is 4. The van der Waals surface area contributed by atoms with Gasteiger partial charge in [0.15, 0.2) is 0 Å². The van der Waals surface area contributed by atoms with Crippen LogP contribution in [0.5, 0.6) is 5.75 Å². The van der Waals surface area contributed by atoms with Crippen molar-refractivity contribution in [1.82, 2.24) is 20.1 Å². The largest absolute Gasteiger partial charge is 0.461 e. The highest BCUT2D eigenvalue weighted by molar-refractivity contribution is 8.02. The molecule has 0 aromatic carbocycles. The summed E-state index contributed by atoms with van der Waals surface area (Å²) in [6, 6.07) is 3.48. The molecule has 2 aromatic rings. The first-order chi connectivity index (χ1) is 19.1. The molecule has 0 bridgehead atoms. The quantitative estimate of drug-likeness (QED) is 0.270. The van der Waals surface area contributed by atoms with Crippen molar-refractivity contribution < 1.29 is 14.6 Å². The molecule has 10 heteroatoms. The zero-order chi connectivity index (χ0) is 28.9. The molecule has 4 rings (SSSR count).